The molecule has 174 valence electrons. The Hall–Kier alpha value is -4.20. The number of carbonyl (C=O) groups is 2. The molecule has 0 aliphatic carbocycles. The third-order valence-electron chi connectivity index (χ3n) is 5.47. The molecule has 0 atom stereocenters. The first-order valence-electron chi connectivity index (χ1n) is 11.1. The highest BCUT2D eigenvalue weighted by atomic mass is 16.5. The van der Waals surface area contributed by atoms with Crippen LogP contribution in [0.3, 0.4) is 0 Å². The van der Waals surface area contributed by atoms with Gasteiger partial charge in [0.25, 0.3) is 11.8 Å². The smallest absolute Gasteiger partial charge is 0.276 e. The fourth-order valence-corrected chi connectivity index (χ4v) is 3.76. The van der Waals surface area contributed by atoms with Gasteiger partial charge in [-0.05, 0) is 30.5 Å². The number of nitrogens with one attached hydrogen (secondary N) is 2. The summed E-state index contributed by atoms with van der Waals surface area (Å²) in [4.78, 5) is 30.1. The molecule has 0 saturated heterocycles. The zero-order valence-corrected chi connectivity index (χ0v) is 19.6. The maximum absolute atomic E-state index is 13.0. The zero-order valence-electron chi connectivity index (χ0n) is 19.6. The molecule has 0 saturated carbocycles. The van der Waals surface area contributed by atoms with Crippen molar-refractivity contribution in [3.8, 4) is 16.9 Å². The van der Waals surface area contributed by atoms with Gasteiger partial charge in [0.05, 0.1) is 16.6 Å². The first-order chi connectivity index (χ1) is 16.3. The number of hydrazine groups is 1. The molecule has 0 radical (unpaired) electrons. The monoisotopic (exact) mass is 457 g/mol. The van der Waals surface area contributed by atoms with Crippen LogP contribution >= 0.6 is 0 Å². The van der Waals surface area contributed by atoms with Crippen molar-refractivity contribution in [2.75, 3.05) is 6.61 Å². The molecule has 0 aliphatic rings. The summed E-state index contributed by atoms with van der Waals surface area (Å²) in [6.45, 7) is 5.59. The molecule has 4 aromatic rings. The second-order valence-electron chi connectivity index (χ2n) is 8.31. The van der Waals surface area contributed by atoms with Crippen LogP contribution in [0.25, 0.3) is 22.2 Å². The maximum Gasteiger partial charge on any atom is 0.276 e. The molecule has 0 unspecified atom stereocenters. The molecule has 8 nitrogen and oxygen atoms in total. The SMILES string of the molecule is Cc1nn(C)c2nc(C(C)C)cc(C(=O)NNC(=O)COc3ccccc3-c3ccccc3)c12. The van der Waals surface area contributed by atoms with Gasteiger partial charge >= 0.3 is 0 Å². The molecule has 34 heavy (non-hydrogen) atoms. The lowest BCUT2D eigenvalue weighted by Gasteiger charge is -2.13. The predicted octanol–water partition coefficient (Wildman–Crippen LogP) is 3.91. The van der Waals surface area contributed by atoms with E-state index in [1.54, 1.807) is 23.9 Å². The van der Waals surface area contributed by atoms with Crippen molar-refractivity contribution in [3.05, 3.63) is 77.6 Å². The largest absolute Gasteiger partial charge is 0.483 e. The number of fused-ring (bicyclic) bond motifs is 1. The molecule has 4 rings (SSSR count). The summed E-state index contributed by atoms with van der Waals surface area (Å²) in [6.07, 6.45) is 0. The molecule has 0 bridgehead atoms. The Bertz CT molecular complexity index is 1350. The van der Waals surface area contributed by atoms with Gasteiger partial charge in [-0.2, -0.15) is 5.10 Å². The van der Waals surface area contributed by atoms with E-state index in [4.69, 9.17) is 4.74 Å². The standard InChI is InChI=1S/C26H27N5O3/c1-16(2)21-14-20(24-17(3)30-31(4)25(24)27-21)26(33)29-28-23(32)15-34-22-13-9-8-12-19(22)18-10-6-5-7-11-18/h5-14,16H,15H2,1-4H3,(H,28,32)(H,29,33). The number of hydrogen-bond donors (Lipinski definition) is 2. The van der Waals surface area contributed by atoms with Gasteiger partial charge in [-0.15, -0.1) is 0 Å². The molecule has 2 aromatic carbocycles. The first kappa shape index (κ1) is 23.0. The highest BCUT2D eigenvalue weighted by Crippen LogP contribution is 2.29. The normalized spacial score (nSPS) is 11.0. The van der Waals surface area contributed by atoms with Crippen molar-refractivity contribution in [2.45, 2.75) is 26.7 Å². The third kappa shape index (κ3) is 4.76. The molecular formula is C26H27N5O3. The van der Waals surface area contributed by atoms with Crippen LogP contribution in [-0.2, 0) is 11.8 Å². The maximum atomic E-state index is 13.0. The van der Waals surface area contributed by atoms with Gasteiger partial charge in [-0.25, -0.2) is 4.98 Å². The van der Waals surface area contributed by atoms with E-state index in [2.05, 4.69) is 20.9 Å². The average Bonchev–Trinajstić information content (AvgIpc) is 3.14. The van der Waals surface area contributed by atoms with E-state index in [0.29, 0.717) is 28.0 Å². The molecule has 8 heteroatoms. The summed E-state index contributed by atoms with van der Waals surface area (Å²) in [5, 5.41) is 5.05. The Kier molecular flexibility index (Phi) is 6.58. The van der Waals surface area contributed by atoms with Gasteiger partial charge in [0, 0.05) is 18.3 Å². The second-order valence-corrected chi connectivity index (χ2v) is 8.31. The number of nitrogens with zero attached hydrogens (tertiary/aromatic N) is 3. The molecule has 2 heterocycles. The van der Waals surface area contributed by atoms with E-state index in [1.165, 1.54) is 0 Å². The summed E-state index contributed by atoms with van der Waals surface area (Å²) in [5.74, 6) is -0.214. The minimum absolute atomic E-state index is 0.124. The van der Waals surface area contributed by atoms with Crippen molar-refractivity contribution in [1.29, 1.82) is 0 Å². The van der Waals surface area contributed by atoms with Crippen molar-refractivity contribution >= 4 is 22.8 Å². The number of aromatic nitrogens is 3. The minimum Gasteiger partial charge on any atom is -0.483 e. The van der Waals surface area contributed by atoms with Crippen LogP contribution in [0.2, 0.25) is 0 Å². The number of benzene rings is 2. The number of hydrogen-bond acceptors (Lipinski definition) is 5. The zero-order chi connectivity index (χ0) is 24.2. The van der Waals surface area contributed by atoms with E-state index in [9.17, 15) is 9.59 Å². The number of aryl methyl sites for hydroxylation is 2. The predicted molar refractivity (Wildman–Crippen MR) is 130 cm³/mol. The summed E-state index contributed by atoms with van der Waals surface area (Å²) in [5.41, 5.74) is 9.30. The first-order valence-corrected chi connectivity index (χ1v) is 11.1. The summed E-state index contributed by atoms with van der Waals surface area (Å²) >= 11 is 0. The third-order valence-corrected chi connectivity index (χ3v) is 5.47. The highest BCUT2D eigenvalue weighted by Gasteiger charge is 2.20. The van der Waals surface area contributed by atoms with Gasteiger partial charge in [-0.3, -0.25) is 25.1 Å². The van der Waals surface area contributed by atoms with Gasteiger partial charge in [-0.1, -0.05) is 62.4 Å². The van der Waals surface area contributed by atoms with Crippen LogP contribution in [0, 0.1) is 6.92 Å². The molecule has 2 amide bonds. The topological polar surface area (TPSA) is 98.1 Å². The molecule has 2 N–H and O–H groups in total. The summed E-state index contributed by atoms with van der Waals surface area (Å²) in [6, 6.07) is 19.0. The number of amides is 2. The van der Waals surface area contributed by atoms with Crippen LogP contribution in [0.4, 0.5) is 0 Å². The average molecular weight is 458 g/mol. The molecule has 2 aromatic heterocycles. The number of para-hydroxylation sites is 1. The van der Waals surface area contributed by atoms with E-state index in [0.717, 1.165) is 16.8 Å². The second kappa shape index (κ2) is 9.74. The van der Waals surface area contributed by atoms with E-state index in [1.807, 2.05) is 69.3 Å². The van der Waals surface area contributed by atoms with Crippen LogP contribution in [0.15, 0.2) is 60.7 Å². The van der Waals surface area contributed by atoms with E-state index >= 15 is 0 Å². The van der Waals surface area contributed by atoms with E-state index < -0.39 is 11.8 Å². The van der Waals surface area contributed by atoms with Crippen LogP contribution < -0.4 is 15.6 Å². The van der Waals surface area contributed by atoms with Gasteiger partial charge < -0.3 is 4.74 Å². The van der Waals surface area contributed by atoms with Gasteiger partial charge in [0.15, 0.2) is 12.3 Å². The van der Waals surface area contributed by atoms with E-state index in [-0.39, 0.29) is 12.5 Å². The molecule has 0 aliphatic heterocycles. The fraction of sp³-hybridized carbons (Fsp3) is 0.231. The van der Waals surface area contributed by atoms with Crippen molar-refractivity contribution in [1.82, 2.24) is 25.6 Å². The number of rotatable bonds is 6. The van der Waals surface area contributed by atoms with Gasteiger partial charge in [0.1, 0.15) is 5.75 Å². The Balaban J connectivity index is 1.45. The lowest BCUT2D eigenvalue weighted by Crippen LogP contribution is -2.44. The number of pyridine rings is 1. The Morgan fingerprint density at radius 1 is 1.03 bits per heavy atom. The van der Waals surface area contributed by atoms with Crippen LogP contribution in [-0.4, -0.2) is 33.2 Å². The Morgan fingerprint density at radius 2 is 1.74 bits per heavy atom. The van der Waals surface area contributed by atoms with Crippen molar-refractivity contribution < 1.29 is 14.3 Å². The van der Waals surface area contributed by atoms with Crippen LogP contribution in [0.1, 0.15) is 41.5 Å². The minimum atomic E-state index is -0.478. The fourth-order valence-electron chi connectivity index (χ4n) is 3.76. The lowest BCUT2D eigenvalue weighted by atomic mass is 10.0. The van der Waals surface area contributed by atoms with Crippen molar-refractivity contribution in [3.63, 3.8) is 0 Å². The number of ether oxygens (including phenoxy) is 1. The van der Waals surface area contributed by atoms with Crippen LogP contribution in [0.5, 0.6) is 5.75 Å². The van der Waals surface area contributed by atoms with Gasteiger partial charge in [0.2, 0.25) is 0 Å². The Labute approximate surface area is 197 Å². The summed E-state index contributed by atoms with van der Waals surface area (Å²) < 4.78 is 7.40. The number of carbonyl (C=O) groups excluding carboxylic acids is 2. The van der Waals surface area contributed by atoms with Crippen molar-refractivity contribution in [2.24, 2.45) is 7.05 Å². The molecule has 0 fully saturated rings. The molecular weight excluding hydrogens is 430 g/mol. The highest BCUT2D eigenvalue weighted by molar-refractivity contribution is 6.07. The lowest BCUT2D eigenvalue weighted by molar-refractivity contribution is -0.123. The summed E-state index contributed by atoms with van der Waals surface area (Å²) in [7, 11) is 1.79. The molecule has 0 spiro atoms. The quantitative estimate of drug-likeness (QED) is 0.428. The Morgan fingerprint density at radius 3 is 2.47 bits per heavy atom.